The molecule has 0 atom stereocenters. The van der Waals surface area contributed by atoms with Crippen molar-refractivity contribution in [2.24, 2.45) is 0 Å². The van der Waals surface area contributed by atoms with Crippen LogP contribution < -0.4 is 10.2 Å². The Hall–Kier alpha value is -2.82. The zero-order valence-electron chi connectivity index (χ0n) is 12.8. The molecule has 0 unspecified atom stereocenters. The third-order valence-electron chi connectivity index (χ3n) is 3.82. The van der Waals surface area contributed by atoms with Crippen LogP contribution in [0.3, 0.4) is 0 Å². The molecule has 0 spiro atoms. The van der Waals surface area contributed by atoms with Gasteiger partial charge in [-0.2, -0.15) is 0 Å². The van der Waals surface area contributed by atoms with Crippen molar-refractivity contribution in [3.8, 4) is 0 Å². The number of benzene rings is 2. The third-order valence-corrected chi connectivity index (χ3v) is 3.82. The van der Waals surface area contributed by atoms with E-state index in [1.54, 1.807) is 4.90 Å². The molecule has 1 saturated heterocycles. The van der Waals surface area contributed by atoms with Crippen LogP contribution in [0, 0.1) is 0 Å². The molecule has 5 nitrogen and oxygen atoms in total. The van der Waals surface area contributed by atoms with Gasteiger partial charge in [-0.25, -0.2) is 0 Å². The van der Waals surface area contributed by atoms with E-state index in [4.69, 9.17) is 0 Å². The van der Waals surface area contributed by atoms with Gasteiger partial charge in [-0.05, 0) is 24.3 Å². The highest BCUT2D eigenvalue weighted by Gasteiger charge is 2.23. The zero-order chi connectivity index (χ0) is 16.1. The first-order chi connectivity index (χ1) is 11.2. The molecule has 1 aliphatic heterocycles. The molecule has 1 fully saturated rings. The number of nitrogens with zero attached hydrogens (tertiary/aromatic N) is 2. The van der Waals surface area contributed by atoms with E-state index in [1.165, 1.54) is 0 Å². The molecular weight excluding hydrogens is 290 g/mol. The number of para-hydroxylation sites is 2. The maximum Gasteiger partial charge on any atom is 0.243 e. The normalized spacial score (nSPS) is 14.3. The van der Waals surface area contributed by atoms with Crippen molar-refractivity contribution in [1.29, 1.82) is 0 Å². The van der Waals surface area contributed by atoms with Crippen LogP contribution in [0.15, 0.2) is 60.7 Å². The smallest absolute Gasteiger partial charge is 0.243 e. The van der Waals surface area contributed by atoms with Gasteiger partial charge in [0.05, 0.1) is 6.54 Å². The lowest BCUT2D eigenvalue weighted by Crippen LogP contribution is -2.52. The van der Waals surface area contributed by atoms with Crippen molar-refractivity contribution < 1.29 is 9.59 Å². The second kappa shape index (κ2) is 6.96. The van der Waals surface area contributed by atoms with Crippen molar-refractivity contribution >= 4 is 23.2 Å². The molecule has 5 heteroatoms. The first-order valence-corrected chi connectivity index (χ1v) is 7.66. The third kappa shape index (κ3) is 3.69. The Morgan fingerprint density at radius 1 is 1.00 bits per heavy atom. The lowest BCUT2D eigenvalue weighted by molar-refractivity contribution is -0.137. The molecule has 1 N–H and O–H groups in total. The molecule has 118 valence electrons. The van der Waals surface area contributed by atoms with E-state index in [9.17, 15) is 9.59 Å². The van der Waals surface area contributed by atoms with Gasteiger partial charge in [-0.3, -0.25) is 9.59 Å². The number of carbonyl (C=O) groups excluding carboxylic acids is 2. The molecule has 2 aromatic carbocycles. The Morgan fingerprint density at radius 3 is 2.09 bits per heavy atom. The zero-order valence-corrected chi connectivity index (χ0v) is 12.8. The van der Waals surface area contributed by atoms with E-state index in [2.05, 4.69) is 5.32 Å². The molecule has 0 saturated carbocycles. The number of rotatable bonds is 4. The van der Waals surface area contributed by atoms with Crippen LogP contribution >= 0.6 is 0 Å². The summed E-state index contributed by atoms with van der Waals surface area (Å²) in [5, 5.41) is 2.74. The van der Waals surface area contributed by atoms with Crippen LogP contribution in [0.4, 0.5) is 11.4 Å². The van der Waals surface area contributed by atoms with Crippen molar-refractivity contribution in [2.75, 3.05) is 31.1 Å². The van der Waals surface area contributed by atoms with E-state index < -0.39 is 0 Å². The number of hydrogen-bond acceptors (Lipinski definition) is 3. The maximum atomic E-state index is 12.6. The van der Waals surface area contributed by atoms with Crippen LogP contribution in [0.5, 0.6) is 0 Å². The van der Waals surface area contributed by atoms with Gasteiger partial charge in [0.2, 0.25) is 11.8 Å². The fourth-order valence-corrected chi connectivity index (χ4v) is 2.63. The second-order valence-corrected chi connectivity index (χ2v) is 5.42. The Balaban J connectivity index is 1.82. The van der Waals surface area contributed by atoms with E-state index in [-0.39, 0.29) is 24.9 Å². The van der Waals surface area contributed by atoms with Gasteiger partial charge in [0, 0.05) is 24.5 Å². The summed E-state index contributed by atoms with van der Waals surface area (Å²) < 4.78 is 0. The number of hydrogen-bond donors (Lipinski definition) is 1. The quantitative estimate of drug-likeness (QED) is 0.937. The predicted molar refractivity (Wildman–Crippen MR) is 89.5 cm³/mol. The van der Waals surface area contributed by atoms with E-state index in [0.29, 0.717) is 13.1 Å². The van der Waals surface area contributed by atoms with Gasteiger partial charge in [0.1, 0.15) is 6.54 Å². The lowest BCUT2D eigenvalue weighted by atomic mass is 10.2. The Morgan fingerprint density at radius 2 is 1.57 bits per heavy atom. The van der Waals surface area contributed by atoms with Crippen LogP contribution in [0.2, 0.25) is 0 Å². The predicted octanol–water partition coefficient (Wildman–Crippen LogP) is 1.78. The van der Waals surface area contributed by atoms with Crippen LogP contribution in [0.25, 0.3) is 0 Å². The summed E-state index contributed by atoms with van der Waals surface area (Å²) in [6.45, 7) is 1.42. The highest BCUT2D eigenvalue weighted by atomic mass is 16.2. The first kappa shape index (κ1) is 15.1. The molecule has 2 amide bonds. The Labute approximate surface area is 135 Å². The number of piperazine rings is 1. The van der Waals surface area contributed by atoms with Gasteiger partial charge in [0.25, 0.3) is 0 Å². The number of nitrogens with one attached hydrogen (secondary N) is 1. The molecule has 0 aromatic heterocycles. The molecule has 0 radical (unpaired) electrons. The molecular formula is C18H19N3O2. The molecule has 1 heterocycles. The van der Waals surface area contributed by atoms with E-state index >= 15 is 0 Å². The fraction of sp³-hybridized carbons (Fsp3) is 0.222. The highest BCUT2D eigenvalue weighted by Crippen LogP contribution is 2.24. The number of anilines is 2. The largest absolute Gasteiger partial charge is 0.353 e. The Bertz CT molecular complexity index is 634. The van der Waals surface area contributed by atoms with Crippen molar-refractivity contribution in [2.45, 2.75) is 0 Å². The minimum atomic E-state index is -0.101. The molecule has 0 bridgehead atoms. The molecule has 2 aromatic rings. The highest BCUT2D eigenvalue weighted by molar-refractivity contribution is 5.89. The summed E-state index contributed by atoms with van der Waals surface area (Å²) in [6.07, 6.45) is 0. The summed E-state index contributed by atoms with van der Waals surface area (Å²) in [6, 6.07) is 19.6. The molecule has 3 rings (SSSR count). The monoisotopic (exact) mass is 309 g/mol. The minimum absolute atomic E-state index is 0.0486. The minimum Gasteiger partial charge on any atom is -0.353 e. The van der Waals surface area contributed by atoms with Crippen molar-refractivity contribution in [3.63, 3.8) is 0 Å². The molecule has 0 aliphatic carbocycles. The lowest BCUT2D eigenvalue weighted by Gasteiger charge is -2.30. The summed E-state index contributed by atoms with van der Waals surface area (Å²) in [5.74, 6) is -0.150. The Kier molecular flexibility index (Phi) is 4.57. The fourth-order valence-electron chi connectivity index (χ4n) is 2.63. The summed E-state index contributed by atoms with van der Waals surface area (Å²) in [7, 11) is 0. The van der Waals surface area contributed by atoms with E-state index in [1.807, 2.05) is 65.6 Å². The van der Waals surface area contributed by atoms with Crippen LogP contribution in [-0.2, 0) is 9.59 Å². The average Bonchev–Trinajstić information content (AvgIpc) is 2.61. The van der Waals surface area contributed by atoms with Gasteiger partial charge >= 0.3 is 0 Å². The SMILES string of the molecule is O=C1CN(C(=O)CN(c2ccccc2)c2ccccc2)CCN1. The van der Waals surface area contributed by atoms with Crippen molar-refractivity contribution in [3.05, 3.63) is 60.7 Å². The van der Waals surface area contributed by atoms with Gasteiger partial charge < -0.3 is 15.1 Å². The second-order valence-electron chi connectivity index (χ2n) is 5.42. The summed E-state index contributed by atoms with van der Waals surface area (Å²) in [5.41, 5.74) is 1.90. The van der Waals surface area contributed by atoms with Gasteiger partial charge in [0.15, 0.2) is 0 Å². The van der Waals surface area contributed by atoms with Crippen LogP contribution in [-0.4, -0.2) is 42.9 Å². The topological polar surface area (TPSA) is 52.7 Å². The van der Waals surface area contributed by atoms with Crippen LogP contribution in [0.1, 0.15) is 0 Å². The summed E-state index contributed by atoms with van der Waals surface area (Å²) >= 11 is 0. The average molecular weight is 309 g/mol. The van der Waals surface area contributed by atoms with Crippen molar-refractivity contribution in [1.82, 2.24) is 10.2 Å². The number of amides is 2. The van der Waals surface area contributed by atoms with E-state index in [0.717, 1.165) is 11.4 Å². The first-order valence-electron chi connectivity index (χ1n) is 7.66. The summed E-state index contributed by atoms with van der Waals surface area (Å²) in [4.78, 5) is 27.7. The molecule has 1 aliphatic rings. The standard InChI is InChI=1S/C18H19N3O2/c22-17-13-20(12-11-19-17)18(23)14-21(15-7-3-1-4-8-15)16-9-5-2-6-10-16/h1-10H,11-14H2,(H,19,22). The molecule has 23 heavy (non-hydrogen) atoms. The number of carbonyl (C=O) groups is 2. The maximum absolute atomic E-state index is 12.6. The van der Waals surface area contributed by atoms with Gasteiger partial charge in [-0.1, -0.05) is 36.4 Å². The van der Waals surface area contributed by atoms with Gasteiger partial charge in [-0.15, -0.1) is 0 Å².